The molecule has 4 heterocycles. The second-order valence-electron chi connectivity index (χ2n) is 7.35. The van der Waals surface area contributed by atoms with E-state index >= 15 is 0 Å². The highest BCUT2D eigenvalue weighted by Gasteiger charge is 2.51. The van der Waals surface area contributed by atoms with Gasteiger partial charge in [0.1, 0.15) is 17.0 Å². The normalized spacial score (nSPS) is 18.7. The van der Waals surface area contributed by atoms with Gasteiger partial charge in [-0.15, -0.1) is 0 Å². The molecule has 1 atom stereocenters. The first kappa shape index (κ1) is 18.0. The maximum absolute atomic E-state index is 12.9. The predicted molar refractivity (Wildman–Crippen MR) is 107 cm³/mol. The van der Waals surface area contributed by atoms with Gasteiger partial charge in [-0.05, 0) is 36.8 Å². The summed E-state index contributed by atoms with van der Waals surface area (Å²) in [4.78, 5) is 29.3. The van der Waals surface area contributed by atoms with Crippen molar-refractivity contribution in [1.29, 1.82) is 0 Å². The standard InChI is InChI=1S/C21H18N4O5/c1-11-5-16-15(22-8-11)7-17(30-16)21(19(27)23-20(28)24-21)10-25-9-12-3-4-13(29-2)6-14(12)18(25)26/h3-9,26H,10H2,1-2H3,(H2,23,24,27,28)/t21-/m0/s1. The van der Waals surface area contributed by atoms with Crippen LogP contribution in [0.1, 0.15) is 11.3 Å². The predicted octanol–water partition coefficient (Wildman–Crippen LogP) is 2.54. The van der Waals surface area contributed by atoms with Crippen LogP contribution in [0.2, 0.25) is 0 Å². The summed E-state index contributed by atoms with van der Waals surface area (Å²) in [6.45, 7) is 1.80. The highest BCUT2D eigenvalue weighted by Crippen LogP contribution is 2.36. The van der Waals surface area contributed by atoms with Crippen LogP contribution >= 0.6 is 0 Å². The number of aromatic nitrogens is 2. The number of aromatic hydroxyl groups is 1. The Morgan fingerprint density at radius 3 is 2.83 bits per heavy atom. The molecule has 152 valence electrons. The van der Waals surface area contributed by atoms with Crippen molar-refractivity contribution in [3.63, 3.8) is 0 Å². The molecule has 9 nitrogen and oxygen atoms in total. The van der Waals surface area contributed by atoms with E-state index in [0.29, 0.717) is 22.2 Å². The monoisotopic (exact) mass is 406 g/mol. The second-order valence-corrected chi connectivity index (χ2v) is 7.35. The molecule has 0 radical (unpaired) electrons. The van der Waals surface area contributed by atoms with Crippen molar-refractivity contribution < 1.29 is 23.8 Å². The van der Waals surface area contributed by atoms with Gasteiger partial charge in [0, 0.05) is 29.2 Å². The third-order valence-corrected chi connectivity index (χ3v) is 5.34. The number of benzene rings is 1. The van der Waals surface area contributed by atoms with Gasteiger partial charge in [-0.2, -0.15) is 0 Å². The van der Waals surface area contributed by atoms with Gasteiger partial charge < -0.3 is 24.1 Å². The van der Waals surface area contributed by atoms with Crippen molar-refractivity contribution in [2.45, 2.75) is 19.0 Å². The van der Waals surface area contributed by atoms with Crippen molar-refractivity contribution in [2.24, 2.45) is 0 Å². The minimum atomic E-state index is -1.54. The molecule has 0 aliphatic carbocycles. The number of ether oxygens (including phenoxy) is 1. The molecule has 9 heteroatoms. The minimum absolute atomic E-state index is 0.0534. The van der Waals surface area contributed by atoms with Crippen LogP contribution in [0.5, 0.6) is 11.6 Å². The fraction of sp³-hybridized carbons (Fsp3) is 0.190. The maximum atomic E-state index is 12.9. The Morgan fingerprint density at radius 1 is 1.27 bits per heavy atom. The molecule has 3 aromatic heterocycles. The Labute approximate surface area is 170 Å². The van der Waals surface area contributed by atoms with Gasteiger partial charge >= 0.3 is 6.03 Å². The van der Waals surface area contributed by atoms with E-state index in [9.17, 15) is 14.7 Å². The van der Waals surface area contributed by atoms with Crippen LogP contribution in [0.25, 0.3) is 21.9 Å². The topological polar surface area (TPSA) is 119 Å². The van der Waals surface area contributed by atoms with Crippen LogP contribution in [0, 0.1) is 6.92 Å². The molecule has 1 fully saturated rings. The number of rotatable bonds is 4. The SMILES string of the molecule is COc1ccc2cn(C[C@@]3(c4cc5ncc(C)cc5o4)NC(=O)NC3=O)c(O)c2c1. The molecular weight excluding hydrogens is 388 g/mol. The van der Waals surface area contributed by atoms with E-state index in [4.69, 9.17) is 9.15 Å². The Balaban J connectivity index is 1.65. The number of aryl methyl sites for hydroxylation is 1. The van der Waals surface area contributed by atoms with Gasteiger partial charge in [0.15, 0.2) is 17.0 Å². The van der Waals surface area contributed by atoms with E-state index in [1.165, 1.54) is 4.57 Å². The first-order valence-electron chi connectivity index (χ1n) is 9.26. The van der Waals surface area contributed by atoms with Crippen LogP contribution in [-0.4, -0.2) is 33.7 Å². The lowest BCUT2D eigenvalue weighted by Gasteiger charge is -2.24. The van der Waals surface area contributed by atoms with Crippen LogP contribution in [0.3, 0.4) is 0 Å². The minimum Gasteiger partial charge on any atom is -0.497 e. The number of carbonyl (C=O) groups excluding carboxylic acids is 2. The van der Waals surface area contributed by atoms with Gasteiger partial charge in [-0.3, -0.25) is 15.1 Å². The zero-order valence-corrected chi connectivity index (χ0v) is 16.2. The van der Waals surface area contributed by atoms with Gasteiger partial charge in [-0.1, -0.05) is 0 Å². The number of furan rings is 1. The largest absolute Gasteiger partial charge is 0.497 e. The Bertz CT molecular complexity index is 1340. The van der Waals surface area contributed by atoms with E-state index in [-0.39, 0.29) is 18.2 Å². The fourth-order valence-corrected chi connectivity index (χ4v) is 3.81. The number of nitrogens with one attached hydrogen (secondary N) is 2. The first-order chi connectivity index (χ1) is 14.4. The molecule has 1 aliphatic rings. The number of amides is 3. The van der Waals surface area contributed by atoms with Crippen molar-refractivity contribution in [3.8, 4) is 11.6 Å². The molecule has 3 N–H and O–H groups in total. The second kappa shape index (κ2) is 6.24. The number of urea groups is 1. The van der Waals surface area contributed by atoms with Crippen LogP contribution in [0.15, 0.2) is 47.1 Å². The van der Waals surface area contributed by atoms with Gasteiger partial charge in [0.2, 0.25) is 0 Å². The summed E-state index contributed by atoms with van der Waals surface area (Å²) in [5.74, 6) is 0.199. The lowest BCUT2D eigenvalue weighted by molar-refractivity contribution is -0.125. The van der Waals surface area contributed by atoms with E-state index < -0.39 is 17.5 Å². The lowest BCUT2D eigenvalue weighted by atomic mass is 9.96. The fourth-order valence-electron chi connectivity index (χ4n) is 3.81. The lowest BCUT2D eigenvalue weighted by Crippen LogP contribution is -2.47. The van der Waals surface area contributed by atoms with Crippen LogP contribution in [0.4, 0.5) is 4.79 Å². The molecule has 0 bridgehead atoms. The van der Waals surface area contributed by atoms with Crippen molar-refractivity contribution in [3.05, 3.63) is 54.0 Å². The number of imide groups is 1. The number of carbonyl (C=O) groups is 2. The smallest absolute Gasteiger partial charge is 0.322 e. The van der Waals surface area contributed by atoms with Crippen LogP contribution < -0.4 is 15.4 Å². The molecule has 0 saturated carbocycles. The van der Waals surface area contributed by atoms with Gasteiger partial charge in [-0.25, -0.2) is 4.79 Å². The van der Waals surface area contributed by atoms with Crippen molar-refractivity contribution in [2.75, 3.05) is 7.11 Å². The molecule has 1 aromatic carbocycles. The Kier molecular flexibility index (Phi) is 3.76. The van der Waals surface area contributed by atoms with Crippen molar-refractivity contribution >= 4 is 33.8 Å². The molecule has 3 amide bonds. The summed E-state index contributed by atoms with van der Waals surface area (Å²) >= 11 is 0. The third kappa shape index (κ3) is 2.59. The van der Waals surface area contributed by atoms with Crippen LogP contribution in [-0.2, 0) is 16.9 Å². The first-order valence-corrected chi connectivity index (χ1v) is 9.26. The summed E-state index contributed by atoms with van der Waals surface area (Å²) < 4.78 is 12.6. The summed E-state index contributed by atoms with van der Waals surface area (Å²) in [5.41, 5.74) is 0.434. The molecule has 30 heavy (non-hydrogen) atoms. The van der Waals surface area contributed by atoms with E-state index in [1.807, 2.05) is 13.0 Å². The van der Waals surface area contributed by atoms with Crippen molar-refractivity contribution in [1.82, 2.24) is 20.2 Å². The Morgan fingerprint density at radius 2 is 2.10 bits per heavy atom. The van der Waals surface area contributed by atoms with E-state index in [0.717, 1.165) is 10.9 Å². The Hall–Kier alpha value is -4.01. The number of pyridine rings is 1. The van der Waals surface area contributed by atoms with E-state index in [1.54, 1.807) is 43.8 Å². The molecule has 1 saturated heterocycles. The van der Waals surface area contributed by atoms with Gasteiger partial charge in [0.05, 0.1) is 13.7 Å². The summed E-state index contributed by atoms with van der Waals surface area (Å²) in [6, 6.07) is 8.08. The number of hydrogen-bond acceptors (Lipinski definition) is 6. The quantitative estimate of drug-likeness (QED) is 0.448. The summed E-state index contributed by atoms with van der Waals surface area (Å²) in [7, 11) is 1.54. The molecule has 4 aromatic rings. The summed E-state index contributed by atoms with van der Waals surface area (Å²) in [5, 5.41) is 17.0. The zero-order valence-electron chi connectivity index (χ0n) is 16.2. The molecule has 1 aliphatic heterocycles. The number of nitrogens with zero attached hydrogens (tertiary/aromatic N) is 2. The average molecular weight is 406 g/mol. The molecule has 0 unspecified atom stereocenters. The average Bonchev–Trinajstić information content (AvgIpc) is 3.36. The zero-order chi connectivity index (χ0) is 21.0. The third-order valence-electron chi connectivity index (χ3n) is 5.34. The number of methoxy groups -OCH3 is 1. The molecule has 0 spiro atoms. The summed E-state index contributed by atoms with van der Waals surface area (Å²) in [6.07, 6.45) is 3.40. The maximum Gasteiger partial charge on any atom is 0.322 e. The molecule has 5 rings (SSSR count). The molecular formula is C21H18N4O5. The van der Waals surface area contributed by atoms with Gasteiger partial charge in [0.25, 0.3) is 5.91 Å². The highest BCUT2D eigenvalue weighted by atomic mass is 16.5. The number of hydrogen-bond donors (Lipinski definition) is 3. The highest BCUT2D eigenvalue weighted by molar-refractivity contribution is 6.07. The number of fused-ring (bicyclic) bond motifs is 2. The van der Waals surface area contributed by atoms with E-state index in [2.05, 4.69) is 15.6 Å².